The highest BCUT2D eigenvalue weighted by Crippen LogP contribution is 2.40. The molecule has 0 fully saturated rings. The lowest BCUT2D eigenvalue weighted by Gasteiger charge is -2.42. The van der Waals surface area contributed by atoms with Gasteiger partial charge in [-0.15, -0.1) is 0 Å². The average molecular weight is 247 g/mol. The van der Waals surface area contributed by atoms with Gasteiger partial charge in [-0.3, -0.25) is 14.8 Å². The third-order valence-electron chi connectivity index (χ3n) is 4.01. The summed E-state index contributed by atoms with van der Waals surface area (Å²) in [4.78, 5) is 21.6. The molecule has 0 atom stereocenters. The Morgan fingerprint density at radius 1 is 1.22 bits per heavy atom. The molecule has 0 radical (unpaired) electrons. The summed E-state index contributed by atoms with van der Waals surface area (Å²) < 4.78 is 0. The number of carbonyl (C=O) groups excluding carboxylic acids is 1. The molecule has 0 saturated heterocycles. The first-order chi connectivity index (χ1) is 8.37. The largest absolute Gasteiger partial charge is 0.345 e. The monoisotopic (exact) mass is 247 g/mol. The van der Waals surface area contributed by atoms with Gasteiger partial charge in [-0.2, -0.15) is 0 Å². The van der Waals surface area contributed by atoms with Crippen molar-refractivity contribution in [3.05, 3.63) is 23.3 Å². The Morgan fingerprint density at radius 3 is 2.39 bits per heavy atom. The Bertz CT molecular complexity index is 490. The molecule has 0 unspecified atom stereocenters. The van der Waals surface area contributed by atoms with Crippen LogP contribution in [0.1, 0.15) is 57.6 Å². The second-order valence-corrected chi connectivity index (χ2v) is 5.58. The molecule has 98 valence electrons. The zero-order valence-electron chi connectivity index (χ0n) is 11.8. The van der Waals surface area contributed by atoms with E-state index in [9.17, 15) is 4.79 Å². The van der Waals surface area contributed by atoms with E-state index in [2.05, 4.69) is 15.3 Å². The fourth-order valence-corrected chi connectivity index (χ4v) is 2.74. The molecule has 1 amide bonds. The lowest BCUT2D eigenvalue weighted by Crippen LogP contribution is -2.57. The van der Waals surface area contributed by atoms with Crippen LogP contribution in [0.2, 0.25) is 0 Å². The number of nitrogens with zero attached hydrogens (tertiary/aromatic N) is 2. The van der Waals surface area contributed by atoms with Crippen LogP contribution < -0.4 is 5.32 Å². The van der Waals surface area contributed by atoms with Crippen LogP contribution in [0.15, 0.2) is 6.20 Å². The molecule has 4 heteroatoms. The fraction of sp³-hybridized carbons (Fsp3) is 0.643. The zero-order valence-corrected chi connectivity index (χ0v) is 11.8. The first-order valence-corrected chi connectivity index (χ1v) is 6.54. The molecule has 0 bridgehead atoms. The number of rotatable bonds is 2. The van der Waals surface area contributed by atoms with Crippen molar-refractivity contribution in [2.24, 2.45) is 0 Å². The molecular formula is C14H21N3O. The summed E-state index contributed by atoms with van der Waals surface area (Å²) in [5.74, 6) is 0.0740. The van der Waals surface area contributed by atoms with Gasteiger partial charge in [0.15, 0.2) is 0 Å². The Hall–Kier alpha value is -1.45. The van der Waals surface area contributed by atoms with Gasteiger partial charge in [0.2, 0.25) is 5.91 Å². The Morgan fingerprint density at radius 2 is 1.83 bits per heavy atom. The summed E-state index contributed by atoms with van der Waals surface area (Å²) in [6, 6.07) is 0. The van der Waals surface area contributed by atoms with E-state index < -0.39 is 11.0 Å². The molecule has 1 aliphatic rings. The molecule has 18 heavy (non-hydrogen) atoms. The first kappa shape index (κ1) is 13.0. The van der Waals surface area contributed by atoms with Crippen LogP contribution >= 0.6 is 0 Å². The molecule has 2 rings (SSSR count). The van der Waals surface area contributed by atoms with Crippen LogP contribution in [-0.4, -0.2) is 15.9 Å². The molecular weight excluding hydrogens is 226 g/mol. The maximum atomic E-state index is 12.5. The van der Waals surface area contributed by atoms with E-state index >= 15 is 0 Å². The number of aryl methyl sites for hydroxylation is 1. The topological polar surface area (TPSA) is 54.9 Å². The molecule has 2 heterocycles. The molecule has 1 aromatic rings. The minimum absolute atomic E-state index is 0.0740. The molecule has 1 aliphatic heterocycles. The number of carbonyl (C=O) groups is 1. The zero-order chi connectivity index (χ0) is 13.6. The number of fused-ring (bicyclic) bond motifs is 1. The van der Waals surface area contributed by atoms with E-state index in [1.165, 1.54) is 0 Å². The minimum Gasteiger partial charge on any atom is -0.345 e. The highest BCUT2D eigenvalue weighted by molar-refractivity contribution is 5.90. The number of hydrogen-bond acceptors (Lipinski definition) is 3. The van der Waals surface area contributed by atoms with Gasteiger partial charge in [0.05, 0.1) is 28.0 Å². The average Bonchev–Trinajstić information content (AvgIpc) is 2.29. The molecule has 0 aliphatic carbocycles. The van der Waals surface area contributed by atoms with E-state index in [1.807, 2.05) is 34.6 Å². The predicted octanol–water partition coefficient (Wildman–Crippen LogP) is 2.21. The van der Waals surface area contributed by atoms with Gasteiger partial charge in [0.1, 0.15) is 0 Å². The van der Waals surface area contributed by atoms with Gasteiger partial charge in [0.25, 0.3) is 0 Å². The summed E-state index contributed by atoms with van der Waals surface area (Å²) in [6.45, 7) is 9.94. The third-order valence-corrected chi connectivity index (χ3v) is 4.01. The molecule has 1 aromatic heterocycles. The van der Waals surface area contributed by atoms with Gasteiger partial charge >= 0.3 is 0 Å². The van der Waals surface area contributed by atoms with Crippen LogP contribution in [0, 0.1) is 6.92 Å². The Labute approximate surface area is 108 Å². The maximum absolute atomic E-state index is 12.5. The van der Waals surface area contributed by atoms with Crippen molar-refractivity contribution in [2.75, 3.05) is 0 Å². The lowest BCUT2D eigenvalue weighted by atomic mass is 9.71. The quantitative estimate of drug-likeness (QED) is 0.871. The summed E-state index contributed by atoms with van der Waals surface area (Å²) in [5, 5.41) is 3.08. The second kappa shape index (κ2) is 4.04. The van der Waals surface area contributed by atoms with E-state index in [1.54, 1.807) is 6.20 Å². The van der Waals surface area contributed by atoms with E-state index in [-0.39, 0.29) is 5.91 Å². The first-order valence-electron chi connectivity index (χ1n) is 6.54. The highest BCUT2D eigenvalue weighted by atomic mass is 16.2. The number of nitrogens with one attached hydrogen (secondary N) is 1. The lowest BCUT2D eigenvalue weighted by molar-refractivity contribution is -0.130. The maximum Gasteiger partial charge on any atom is 0.233 e. The van der Waals surface area contributed by atoms with Crippen LogP contribution in [0.25, 0.3) is 0 Å². The van der Waals surface area contributed by atoms with Crippen LogP contribution in [0.5, 0.6) is 0 Å². The van der Waals surface area contributed by atoms with E-state index in [4.69, 9.17) is 0 Å². The summed E-state index contributed by atoms with van der Waals surface area (Å²) in [6.07, 6.45) is 3.27. The van der Waals surface area contributed by atoms with Crippen molar-refractivity contribution in [1.82, 2.24) is 15.3 Å². The van der Waals surface area contributed by atoms with Crippen molar-refractivity contribution in [3.8, 4) is 0 Å². The van der Waals surface area contributed by atoms with E-state index in [0.717, 1.165) is 29.9 Å². The summed E-state index contributed by atoms with van der Waals surface area (Å²) in [5.41, 5.74) is 1.66. The van der Waals surface area contributed by atoms with Gasteiger partial charge in [-0.05, 0) is 33.6 Å². The minimum atomic E-state index is -0.524. The van der Waals surface area contributed by atoms with E-state index in [0.29, 0.717) is 0 Å². The summed E-state index contributed by atoms with van der Waals surface area (Å²) >= 11 is 0. The second-order valence-electron chi connectivity index (χ2n) is 5.58. The molecule has 1 N–H and O–H groups in total. The predicted molar refractivity (Wildman–Crippen MR) is 70.2 cm³/mol. The number of amides is 1. The smallest absolute Gasteiger partial charge is 0.233 e. The van der Waals surface area contributed by atoms with Crippen LogP contribution in [0.3, 0.4) is 0 Å². The molecule has 4 nitrogen and oxygen atoms in total. The van der Waals surface area contributed by atoms with Crippen molar-refractivity contribution < 1.29 is 4.79 Å². The van der Waals surface area contributed by atoms with Crippen LogP contribution in [0.4, 0.5) is 0 Å². The Balaban J connectivity index is 2.75. The van der Waals surface area contributed by atoms with Crippen molar-refractivity contribution >= 4 is 5.91 Å². The molecule has 0 spiro atoms. The fourth-order valence-electron chi connectivity index (χ4n) is 2.74. The third kappa shape index (κ3) is 1.62. The standard InChI is InChI=1S/C14H21N3O/c1-6-14(7-2)11-10(15-8-9(3)16-11)13(4,5)17-12(14)18/h8H,6-7H2,1-5H3,(H,17,18). The van der Waals surface area contributed by atoms with Gasteiger partial charge in [-0.1, -0.05) is 13.8 Å². The van der Waals surface area contributed by atoms with Crippen molar-refractivity contribution in [3.63, 3.8) is 0 Å². The summed E-state index contributed by atoms with van der Waals surface area (Å²) in [7, 11) is 0. The van der Waals surface area contributed by atoms with Gasteiger partial charge in [0, 0.05) is 6.20 Å². The molecule has 0 saturated carbocycles. The van der Waals surface area contributed by atoms with Crippen molar-refractivity contribution in [1.29, 1.82) is 0 Å². The number of aromatic nitrogens is 2. The van der Waals surface area contributed by atoms with Crippen molar-refractivity contribution in [2.45, 2.75) is 58.4 Å². The molecule has 0 aromatic carbocycles. The number of hydrogen-bond donors (Lipinski definition) is 1. The van der Waals surface area contributed by atoms with Gasteiger partial charge in [-0.25, -0.2) is 0 Å². The highest BCUT2D eigenvalue weighted by Gasteiger charge is 2.49. The normalized spacial score (nSPS) is 20.2. The Kier molecular flexibility index (Phi) is 2.92. The SMILES string of the molecule is CCC1(CC)C(=O)NC(C)(C)c2ncc(C)nc21. The van der Waals surface area contributed by atoms with Gasteiger partial charge < -0.3 is 5.32 Å². The van der Waals surface area contributed by atoms with Crippen LogP contribution in [-0.2, 0) is 15.7 Å².